The normalized spacial score (nSPS) is 25.1. The van der Waals surface area contributed by atoms with Gasteiger partial charge >= 0.3 is 54.1 Å². The zero-order valence-electron chi connectivity index (χ0n) is 27.7. The predicted octanol–water partition coefficient (Wildman–Crippen LogP) is 4.90. The van der Waals surface area contributed by atoms with Crippen LogP contribution in [-0.4, -0.2) is 3.21 Å². The maximum absolute atomic E-state index is 2.62. The van der Waals surface area contributed by atoms with Gasteiger partial charge in [0.2, 0.25) is 0 Å². The molecule has 2 unspecified atom stereocenters. The molecule has 2 aromatic rings. The summed E-state index contributed by atoms with van der Waals surface area (Å²) in [5.41, 5.74) is 10.3. The van der Waals surface area contributed by atoms with Gasteiger partial charge in [-0.3, -0.25) is 0 Å². The average Bonchev–Trinajstić information content (AvgIpc) is 3.64. The Balaban J connectivity index is 0.000000403. The molecule has 0 spiro atoms. The Labute approximate surface area is 285 Å². The molecule has 6 rings (SSSR count). The first-order valence-electron chi connectivity index (χ1n) is 15.6. The van der Waals surface area contributed by atoms with E-state index in [9.17, 15) is 0 Å². The number of hydrogen-bond donors (Lipinski definition) is 0. The average molecular weight is 683 g/mol. The molecule has 0 amide bonds. The summed E-state index contributed by atoms with van der Waals surface area (Å²) in [4.78, 5) is 0. The Bertz CT molecular complexity index is 1290. The van der Waals surface area contributed by atoms with Gasteiger partial charge in [0, 0.05) is 0 Å². The van der Waals surface area contributed by atoms with Crippen LogP contribution in [0.3, 0.4) is 0 Å². The van der Waals surface area contributed by atoms with Gasteiger partial charge in [-0.2, -0.15) is 29.3 Å². The van der Waals surface area contributed by atoms with Crippen molar-refractivity contribution in [1.29, 1.82) is 0 Å². The summed E-state index contributed by atoms with van der Waals surface area (Å²) in [6, 6.07) is 19.2. The molecule has 42 heavy (non-hydrogen) atoms. The van der Waals surface area contributed by atoms with Crippen molar-refractivity contribution in [2.75, 3.05) is 0 Å². The maximum atomic E-state index is 2.62. The molecule has 1 fully saturated rings. The molecule has 0 heterocycles. The SMILES string of the molecule is CC[C](=[Zr+2])CC.C[C-]1C2=C3Cc4ccccc4C3=C3C=CCCC3C2(C)C(C)(C)C(C)(C)C1(C)C.[Cl-].[Cl-].c1cc[cH-]c1. The predicted molar refractivity (Wildman–Crippen MR) is 172 cm³/mol. The molecule has 0 nitrogen and oxygen atoms in total. The second-order valence-electron chi connectivity index (χ2n) is 14.0. The van der Waals surface area contributed by atoms with Crippen molar-refractivity contribution in [1.82, 2.24) is 0 Å². The Kier molecular flexibility index (Phi) is 12.4. The largest absolute Gasteiger partial charge is 1.00 e. The monoisotopic (exact) mass is 680 g/mol. The molecule has 2 aromatic carbocycles. The summed E-state index contributed by atoms with van der Waals surface area (Å²) in [6.45, 7) is 24.7. The third kappa shape index (κ3) is 5.74. The summed E-state index contributed by atoms with van der Waals surface area (Å²) < 4.78 is 1.68. The van der Waals surface area contributed by atoms with Gasteiger partial charge in [0.15, 0.2) is 0 Å². The molecular formula is C39H52Cl2Zr-2. The first-order valence-corrected chi connectivity index (χ1v) is 16.8. The van der Waals surface area contributed by atoms with Crippen LogP contribution in [0.4, 0.5) is 0 Å². The summed E-state index contributed by atoms with van der Waals surface area (Å²) in [7, 11) is 0. The summed E-state index contributed by atoms with van der Waals surface area (Å²) >= 11 is 1.62. The van der Waals surface area contributed by atoms with Gasteiger partial charge in [0.25, 0.3) is 0 Å². The zero-order chi connectivity index (χ0) is 29.5. The van der Waals surface area contributed by atoms with Gasteiger partial charge in [-0.1, -0.05) is 113 Å². The molecule has 4 aliphatic carbocycles. The fourth-order valence-electron chi connectivity index (χ4n) is 8.14. The van der Waals surface area contributed by atoms with Crippen molar-refractivity contribution < 1.29 is 49.0 Å². The van der Waals surface area contributed by atoms with Crippen LogP contribution in [0.2, 0.25) is 0 Å². The minimum atomic E-state index is 0. The van der Waals surface area contributed by atoms with Gasteiger partial charge in [-0.15, -0.1) is 6.92 Å². The van der Waals surface area contributed by atoms with E-state index in [2.05, 4.69) is 106 Å². The van der Waals surface area contributed by atoms with Crippen molar-refractivity contribution in [3.05, 3.63) is 101 Å². The summed E-state index contributed by atoms with van der Waals surface area (Å²) in [6.07, 6.45) is 11.1. The van der Waals surface area contributed by atoms with E-state index < -0.39 is 0 Å². The smallest absolute Gasteiger partial charge is 0.00969 e. The van der Waals surface area contributed by atoms with Crippen LogP contribution >= 0.6 is 0 Å². The molecule has 2 atom stereocenters. The molecule has 1 saturated carbocycles. The van der Waals surface area contributed by atoms with E-state index in [1.165, 1.54) is 36.8 Å². The molecule has 0 aliphatic heterocycles. The third-order valence-electron chi connectivity index (χ3n) is 12.2. The van der Waals surface area contributed by atoms with Crippen molar-refractivity contribution in [2.24, 2.45) is 27.6 Å². The van der Waals surface area contributed by atoms with Crippen molar-refractivity contribution in [3.63, 3.8) is 0 Å². The van der Waals surface area contributed by atoms with Gasteiger partial charge in [0.05, 0.1) is 0 Å². The van der Waals surface area contributed by atoms with E-state index in [-0.39, 0.29) is 46.5 Å². The van der Waals surface area contributed by atoms with Crippen LogP contribution in [0.1, 0.15) is 106 Å². The van der Waals surface area contributed by atoms with Crippen LogP contribution < -0.4 is 24.8 Å². The Morgan fingerprint density at radius 2 is 1.50 bits per heavy atom. The second kappa shape index (κ2) is 14.0. The van der Waals surface area contributed by atoms with Crippen LogP contribution in [-0.2, 0) is 30.7 Å². The number of fused-ring (bicyclic) bond motifs is 6. The van der Waals surface area contributed by atoms with E-state index >= 15 is 0 Å². The maximum Gasteiger partial charge on any atom is -0.00969 e. The van der Waals surface area contributed by atoms with E-state index in [0.29, 0.717) is 5.92 Å². The van der Waals surface area contributed by atoms with Crippen LogP contribution in [0.15, 0.2) is 83.5 Å². The minimum Gasteiger partial charge on any atom is -1.00 e. The van der Waals surface area contributed by atoms with Crippen LogP contribution in [0.25, 0.3) is 5.57 Å². The Hall–Kier alpha value is -1.01. The first kappa shape index (κ1) is 37.2. The van der Waals surface area contributed by atoms with Crippen molar-refractivity contribution >= 4 is 8.78 Å². The number of hydrogen-bond acceptors (Lipinski definition) is 0. The van der Waals surface area contributed by atoms with Gasteiger partial charge < -0.3 is 24.8 Å². The molecule has 0 bridgehead atoms. The topological polar surface area (TPSA) is 0 Å². The molecule has 3 heteroatoms. The second-order valence-corrected chi connectivity index (χ2v) is 15.8. The molecular weight excluding hydrogens is 631 g/mol. The Morgan fingerprint density at radius 3 is 2.02 bits per heavy atom. The Morgan fingerprint density at radius 1 is 0.905 bits per heavy atom. The van der Waals surface area contributed by atoms with Crippen LogP contribution in [0, 0.1) is 33.5 Å². The first-order chi connectivity index (χ1) is 18.8. The minimum absolute atomic E-state index is 0. The number of allylic oxidation sites excluding steroid dienone is 6. The fraction of sp³-hybridized carbons (Fsp3) is 0.513. The number of rotatable bonds is 2. The zero-order valence-corrected chi connectivity index (χ0v) is 31.7. The standard InChI is InChI=1S/C29H37.C5H5.C5H10.2ClH.Zr/c1-18-25-22-17-19-13-9-10-14-20(19)24(22)21-15-11-12-16-23(21)29(25,8)28(6,7)27(4,5)26(18,2)3;1-2-4-5-3-1;1-3-5-4-2;;;/h9-11,13-15,23H,12,16-17H2,1-8H3;1-5H;3-4H2,1-2H3;2*1H;/q2*-1;;;;+2/p-2. The molecule has 0 N–H and O–H groups in total. The van der Waals surface area contributed by atoms with E-state index in [1.807, 2.05) is 30.3 Å². The quantitative estimate of drug-likeness (QED) is 0.396. The number of benzene rings is 1. The third-order valence-corrected chi connectivity index (χ3v) is 13.9. The van der Waals surface area contributed by atoms with E-state index in [0.717, 1.165) is 6.42 Å². The molecule has 0 saturated heterocycles. The number of halogens is 2. The molecule has 0 radical (unpaired) electrons. The summed E-state index contributed by atoms with van der Waals surface area (Å²) in [5, 5.41) is 0. The molecule has 0 aromatic heterocycles. The van der Waals surface area contributed by atoms with E-state index in [4.69, 9.17) is 0 Å². The van der Waals surface area contributed by atoms with Gasteiger partial charge in [-0.25, -0.2) is 18.1 Å². The van der Waals surface area contributed by atoms with Crippen LogP contribution in [0.5, 0.6) is 0 Å². The van der Waals surface area contributed by atoms with Gasteiger partial charge in [-0.05, 0) is 40.6 Å². The van der Waals surface area contributed by atoms with E-state index in [1.54, 1.807) is 55.7 Å². The van der Waals surface area contributed by atoms with Crippen molar-refractivity contribution in [2.45, 2.75) is 101 Å². The van der Waals surface area contributed by atoms with Crippen molar-refractivity contribution in [3.8, 4) is 0 Å². The fourth-order valence-corrected chi connectivity index (χ4v) is 8.14. The van der Waals surface area contributed by atoms with Gasteiger partial charge in [0.1, 0.15) is 0 Å². The molecule has 228 valence electrons. The molecule has 4 aliphatic rings. The summed E-state index contributed by atoms with van der Waals surface area (Å²) in [5.74, 6) is 2.24.